The number of aromatic nitrogens is 1. The van der Waals surface area contributed by atoms with E-state index in [9.17, 15) is 9.59 Å². The van der Waals surface area contributed by atoms with Crippen molar-refractivity contribution in [3.05, 3.63) is 34.8 Å². The summed E-state index contributed by atoms with van der Waals surface area (Å²) in [5.41, 5.74) is 2.08. The van der Waals surface area contributed by atoms with Gasteiger partial charge in [-0.25, -0.2) is 9.78 Å². The van der Waals surface area contributed by atoms with Crippen molar-refractivity contribution in [2.75, 3.05) is 17.7 Å². The van der Waals surface area contributed by atoms with Gasteiger partial charge < -0.3 is 15.4 Å². The number of thiazole rings is 1. The summed E-state index contributed by atoms with van der Waals surface area (Å²) in [6.45, 7) is 3.20. The Hall–Kier alpha value is -2.41. The lowest BCUT2D eigenvalue weighted by atomic mass is 10.3. The molecule has 1 aromatic carbocycles. The number of benzene rings is 1. The Morgan fingerprint density at radius 1 is 1.29 bits per heavy atom. The molecule has 1 heterocycles. The van der Waals surface area contributed by atoms with Gasteiger partial charge in [0.1, 0.15) is 4.88 Å². The summed E-state index contributed by atoms with van der Waals surface area (Å²) in [7, 11) is 1.34. The second-order valence-electron chi connectivity index (χ2n) is 4.31. The summed E-state index contributed by atoms with van der Waals surface area (Å²) in [6.07, 6.45) is 0. The van der Waals surface area contributed by atoms with Gasteiger partial charge in [0, 0.05) is 18.3 Å². The molecule has 0 saturated carbocycles. The lowest BCUT2D eigenvalue weighted by molar-refractivity contribution is -0.114. The number of ether oxygens (including phenoxy) is 1. The minimum Gasteiger partial charge on any atom is -0.465 e. The van der Waals surface area contributed by atoms with Crippen LogP contribution in [0.5, 0.6) is 0 Å². The van der Waals surface area contributed by atoms with Gasteiger partial charge >= 0.3 is 5.97 Å². The third-order valence-corrected chi connectivity index (χ3v) is 3.65. The summed E-state index contributed by atoms with van der Waals surface area (Å²) in [6, 6.07) is 7.24. The molecule has 6 nitrogen and oxygen atoms in total. The molecular formula is C14H15N3O3S. The van der Waals surface area contributed by atoms with Crippen LogP contribution < -0.4 is 10.6 Å². The highest BCUT2D eigenvalue weighted by atomic mass is 32.1. The Bertz CT molecular complexity index is 682. The van der Waals surface area contributed by atoms with Crippen LogP contribution in [0.3, 0.4) is 0 Å². The standard InChI is InChI=1S/C14H15N3O3S/c1-8-12(13(19)20-3)21-14(15-8)17-11-6-4-5-10(7-11)16-9(2)18/h4-7H,1-3H3,(H,15,17)(H,16,18). The first kappa shape index (κ1) is 15.0. The Kier molecular flexibility index (Phi) is 4.54. The minimum absolute atomic E-state index is 0.134. The summed E-state index contributed by atoms with van der Waals surface area (Å²) in [4.78, 5) is 27.3. The van der Waals surface area contributed by atoms with E-state index in [0.717, 1.165) is 5.69 Å². The number of methoxy groups -OCH3 is 1. The number of amides is 1. The van der Waals surface area contributed by atoms with E-state index in [1.807, 2.05) is 12.1 Å². The highest BCUT2D eigenvalue weighted by molar-refractivity contribution is 7.17. The smallest absolute Gasteiger partial charge is 0.350 e. The summed E-state index contributed by atoms with van der Waals surface area (Å²) >= 11 is 1.22. The molecule has 7 heteroatoms. The van der Waals surface area contributed by atoms with Crippen LogP contribution in [0.2, 0.25) is 0 Å². The van der Waals surface area contributed by atoms with E-state index in [1.165, 1.54) is 25.4 Å². The average Bonchev–Trinajstić information content (AvgIpc) is 2.78. The Morgan fingerprint density at radius 2 is 2.00 bits per heavy atom. The zero-order chi connectivity index (χ0) is 15.4. The van der Waals surface area contributed by atoms with Gasteiger partial charge in [0.25, 0.3) is 0 Å². The molecule has 110 valence electrons. The fourth-order valence-electron chi connectivity index (χ4n) is 1.73. The highest BCUT2D eigenvalue weighted by Crippen LogP contribution is 2.27. The van der Waals surface area contributed by atoms with Crippen LogP contribution in [-0.4, -0.2) is 24.0 Å². The summed E-state index contributed by atoms with van der Waals surface area (Å²) in [5, 5.41) is 6.40. The van der Waals surface area contributed by atoms with Gasteiger partial charge in [0.2, 0.25) is 5.91 Å². The van der Waals surface area contributed by atoms with Gasteiger partial charge in [0.15, 0.2) is 5.13 Å². The van der Waals surface area contributed by atoms with E-state index in [0.29, 0.717) is 21.4 Å². The van der Waals surface area contributed by atoms with Crippen molar-refractivity contribution in [2.24, 2.45) is 0 Å². The number of anilines is 3. The predicted molar refractivity (Wildman–Crippen MR) is 82.2 cm³/mol. The van der Waals surface area contributed by atoms with Crippen LogP contribution in [0.1, 0.15) is 22.3 Å². The Labute approximate surface area is 126 Å². The fraction of sp³-hybridized carbons (Fsp3) is 0.214. The Morgan fingerprint density at radius 3 is 2.67 bits per heavy atom. The van der Waals surface area contributed by atoms with Gasteiger partial charge in [-0.05, 0) is 25.1 Å². The topological polar surface area (TPSA) is 80.3 Å². The van der Waals surface area contributed by atoms with Crippen molar-refractivity contribution >= 4 is 39.7 Å². The average molecular weight is 305 g/mol. The van der Waals surface area contributed by atoms with Gasteiger partial charge in [-0.2, -0.15) is 0 Å². The molecule has 0 aliphatic rings. The molecule has 0 aliphatic carbocycles. The first-order valence-corrected chi connectivity index (χ1v) is 7.01. The molecule has 0 bridgehead atoms. The molecule has 1 aromatic heterocycles. The number of hydrogen-bond acceptors (Lipinski definition) is 6. The van der Waals surface area contributed by atoms with Crippen LogP contribution in [0.4, 0.5) is 16.5 Å². The lowest BCUT2D eigenvalue weighted by Gasteiger charge is -2.06. The number of carbonyl (C=O) groups excluding carboxylic acids is 2. The lowest BCUT2D eigenvalue weighted by Crippen LogP contribution is -2.05. The monoisotopic (exact) mass is 305 g/mol. The van der Waals surface area contributed by atoms with E-state index < -0.39 is 5.97 Å². The van der Waals surface area contributed by atoms with Crippen molar-refractivity contribution in [1.29, 1.82) is 0 Å². The van der Waals surface area contributed by atoms with E-state index >= 15 is 0 Å². The van der Waals surface area contributed by atoms with Crippen molar-refractivity contribution in [2.45, 2.75) is 13.8 Å². The number of rotatable bonds is 4. The van der Waals surface area contributed by atoms with Crippen LogP contribution in [0.15, 0.2) is 24.3 Å². The molecule has 0 unspecified atom stereocenters. The number of nitrogens with zero attached hydrogens (tertiary/aromatic N) is 1. The molecule has 0 aliphatic heterocycles. The molecule has 2 rings (SSSR count). The molecular weight excluding hydrogens is 290 g/mol. The summed E-state index contributed by atoms with van der Waals surface area (Å²) < 4.78 is 4.70. The molecule has 0 spiro atoms. The Balaban J connectivity index is 2.18. The molecule has 2 aromatic rings. The maximum absolute atomic E-state index is 11.5. The molecule has 21 heavy (non-hydrogen) atoms. The fourth-order valence-corrected chi connectivity index (χ4v) is 2.64. The highest BCUT2D eigenvalue weighted by Gasteiger charge is 2.15. The maximum atomic E-state index is 11.5. The van der Waals surface area contributed by atoms with Gasteiger partial charge in [-0.15, -0.1) is 0 Å². The molecule has 0 radical (unpaired) electrons. The van der Waals surface area contributed by atoms with Crippen LogP contribution in [0, 0.1) is 6.92 Å². The third-order valence-electron chi connectivity index (χ3n) is 2.60. The molecule has 0 fully saturated rings. The van der Waals surface area contributed by atoms with Crippen LogP contribution in [0.25, 0.3) is 0 Å². The van der Waals surface area contributed by atoms with E-state index in [2.05, 4.69) is 15.6 Å². The maximum Gasteiger partial charge on any atom is 0.350 e. The van der Waals surface area contributed by atoms with Crippen molar-refractivity contribution in [3.63, 3.8) is 0 Å². The van der Waals surface area contributed by atoms with Crippen molar-refractivity contribution < 1.29 is 14.3 Å². The molecule has 1 amide bonds. The molecule has 0 atom stereocenters. The molecule has 2 N–H and O–H groups in total. The second-order valence-corrected chi connectivity index (χ2v) is 5.31. The van der Waals surface area contributed by atoms with Crippen LogP contribution in [-0.2, 0) is 9.53 Å². The number of hydrogen-bond donors (Lipinski definition) is 2. The van der Waals surface area contributed by atoms with Crippen molar-refractivity contribution in [1.82, 2.24) is 4.98 Å². The number of aryl methyl sites for hydroxylation is 1. The van der Waals surface area contributed by atoms with E-state index in [4.69, 9.17) is 4.74 Å². The van der Waals surface area contributed by atoms with Crippen molar-refractivity contribution in [3.8, 4) is 0 Å². The first-order valence-electron chi connectivity index (χ1n) is 6.20. The van der Waals surface area contributed by atoms with Gasteiger partial charge in [-0.3, -0.25) is 4.79 Å². The number of carbonyl (C=O) groups is 2. The minimum atomic E-state index is -0.398. The zero-order valence-corrected chi connectivity index (χ0v) is 12.7. The largest absolute Gasteiger partial charge is 0.465 e. The SMILES string of the molecule is COC(=O)c1sc(Nc2cccc(NC(C)=O)c2)nc1C. The zero-order valence-electron chi connectivity index (χ0n) is 11.9. The first-order chi connectivity index (χ1) is 9.99. The van der Waals surface area contributed by atoms with Gasteiger partial charge in [-0.1, -0.05) is 17.4 Å². The van der Waals surface area contributed by atoms with Crippen LogP contribution >= 0.6 is 11.3 Å². The predicted octanol–water partition coefficient (Wildman–Crippen LogP) is 2.94. The quantitative estimate of drug-likeness (QED) is 0.849. The normalized spacial score (nSPS) is 10.0. The molecule has 0 saturated heterocycles. The summed E-state index contributed by atoms with van der Waals surface area (Å²) in [5.74, 6) is -0.532. The third kappa shape index (κ3) is 3.79. The van der Waals surface area contributed by atoms with E-state index in [-0.39, 0.29) is 5.91 Å². The van der Waals surface area contributed by atoms with E-state index in [1.54, 1.807) is 19.1 Å². The second kappa shape index (κ2) is 6.36. The number of esters is 1. The van der Waals surface area contributed by atoms with Gasteiger partial charge in [0.05, 0.1) is 12.8 Å². The number of nitrogens with one attached hydrogen (secondary N) is 2.